The van der Waals surface area contributed by atoms with E-state index in [9.17, 15) is 28.1 Å². The highest BCUT2D eigenvalue weighted by Crippen LogP contribution is 2.67. The molecule has 2 saturated heterocycles. The number of nitrogens with one attached hydrogen (secondary N) is 3. The number of aromatic nitrogens is 1. The molecule has 2 aliphatic rings. The minimum Gasteiger partial charge on any atom is -0.370 e. The van der Waals surface area contributed by atoms with Gasteiger partial charge >= 0.3 is 13.3 Å². The molecule has 4 heterocycles. The summed E-state index contributed by atoms with van der Waals surface area (Å²) < 4.78 is 67.9. The summed E-state index contributed by atoms with van der Waals surface area (Å²) in [7, 11) is -4.86. The quantitative estimate of drug-likeness (QED) is 0.104. The normalized spacial score (nSPS) is 19.6. The fourth-order valence-electron chi connectivity index (χ4n) is 6.93. The molecular weight excluding hydrogens is 793 g/mol. The molecule has 2 fully saturated rings. The van der Waals surface area contributed by atoms with Crippen molar-refractivity contribution in [3.63, 3.8) is 0 Å². The van der Waals surface area contributed by atoms with Crippen LogP contribution in [0.4, 0.5) is 13.2 Å². The van der Waals surface area contributed by atoms with Crippen LogP contribution >= 0.6 is 30.3 Å². The molecule has 2 aromatic carbocycles. The van der Waals surface area contributed by atoms with Gasteiger partial charge in [0, 0.05) is 35.5 Å². The van der Waals surface area contributed by atoms with E-state index in [2.05, 4.69) is 20.9 Å². The fraction of sp³-hybridized carbons (Fsp3) is 0.432. The Balaban J connectivity index is 1.18. The van der Waals surface area contributed by atoms with E-state index in [-0.39, 0.29) is 49.3 Å². The highest BCUT2D eigenvalue weighted by molar-refractivity contribution is 7.54. The number of carbonyl (C=O) groups excluding carboxylic acids is 4. The Bertz CT molecular complexity index is 2120. The lowest BCUT2D eigenvalue weighted by Gasteiger charge is -2.35. The second-order valence-corrected chi connectivity index (χ2v) is 17.6. The molecule has 0 radical (unpaired) electrons. The molecule has 2 aliphatic heterocycles. The number of thiazole rings is 1. The number of amides is 4. The zero-order chi connectivity index (χ0) is 40.2. The molecule has 13 nitrogen and oxygen atoms in total. The van der Waals surface area contributed by atoms with Crippen LogP contribution in [0.1, 0.15) is 72.2 Å². The fourth-order valence-corrected chi connectivity index (χ4v) is 10.4. The van der Waals surface area contributed by atoms with Crippen molar-refractivity contribution in [3.05, 3.63) is 76.0 Å². The molecule has 56 heavy (non-hydrogen) atoms. The molecule has 6 rings (SSSR count). The number of alkyl halides is 2. The zero-order valence-electron chi connectivity index (χ0n) is 30.6. The van der Waals surface area contributed by atoms with E-state index in [0.29, 0.717) is 40.9 Å². The predicted molar refractivity (Wildman–Crippen MR) is 206 cm³/mol. The lowest BCUT2D eigenvalue weighted by atomic mass is 10.1. The molecule has 4 atom stereocenters. The summed E-state index contributed by atoms with van der Waals surface area (Å²) in [6.07, 6.45) is 3.24. The van der Waals surface area contributed by atoms with Gasteiger partial charge in [-0.15, -0.1) is 22.7 Å². The van der Waals surface area contributed by atoms with Crippen LogP contribution in [0.25, 0.3) is 20.5 Å². The summed E-state index contributed by atoms with van der Waals surface area (Å²) in [5, 5.41) is 9.78. The van der Waals surface area contributed by atoms with Gasteiger partial charge in [0.2, 0.25) is 17.7 Å². The molecule has 0 spiro atoms. The van der Waals surface area contributed by atoms with E-state index >= 15 is 8.78 Å². The first-order valence-electron chi connectivity index (χ1n) is 18.2. The van der Waals surface area contributed by atoms with Gasteiger partial charge in [0.1, 0.15) is 22.9 Å². The number of carbonyl (C=O) groups is 4. The number of benzene rings is 2. The van der Waals surface area contributed by atoms with E-state index < -0.39 is 60.6 Å². The SMILES string of the molecule is CCOP(=O)(OCC)C(F)(F)c1ccc2sc(C(=O)N[C@H]3CNCC[C@H]4CC[C@@H](C(=O)N[C@@H](CCC(N)=O)c5ncc(-c6ccc(F)cc6)s5)N4C3=O)cc2c1. The standard InChI is InChI=1S/C37H42F3N6O7PS2/c1-3-52-54(51,53-4-2)37(39,40)23-7-13-29-22(17-23)18-30(55-29)34(49)45-27-19-42-16-15-25-10-12-28(46(25)36(27)50)33(48)44-26(11-14-32(41)47)35-43-20-31(56-35)21-5-8-24(38)9-6-21/h5-9,13,17-18,20,25-28,42H,3-4,10-12,14-16,19H2,1-2H3,(H2,41,47)(H,44,48)(H,45,49)/t25-,26+,27+,28+/m1/s1. The number of rotatable bonds is 15. The summed E-state index contributed by atoms with van der Waals surface area (Å²) >= 11 is 2.32. The van der Waals surface area contributed by atoms with Crippen molar-refractivity contribution in [3.8, 4) is 10.4 Å². The van der Waals surface area contributed by atoms with Crippen LogP contribution in [0.3, 0.4) is 0 Å². The average Bonchev–Trinajstić information content (AvgIpc) is 3.92. The van der Waals surface area contributed by atoms with Crippen LogP contribution in [0.2, 0.25) is 0 Å². The third-order valence-corrected chi connectivity index (χ3v) is 14.1. The van der Waals surface area contributed by atoms with Crippen molar-refractivity contribution in [2.24, 2.45) is 5.73 Å². The van der Waals surface area contributed by atoms with Crippen LogP contribution in [-0.4, -0.2) is 77.9 Å². The van der Waals surface area contributed by atoms with E-state index in [4.69, 9.17) is 14.8 Å². The molecular formula is C37H42F3N6O7PS2. The minimum absolute atomic E-state index is 0.0328. The Labute approximate surface area is 329 Å². The average molecular weight is 835 g/mol. The largest absolute Gasteiger partial charge is 0.404 e. The summed E-state index contributed by atoms with van der Waals surface area (Å²) in [5.74, 6) is -2.45. The first kappa shape index (κ1) is 41.4. The predicted octanol–water partition coefficient (Wildman–Crippen LogP) is 6.05. The van der Waals surface area contributed by atoms with Gasteiger partial charge in [-0.05, 0) is 87.4 Å². The molecule has 0 saturated carbocycles. The van der Waals surface area contributed by atoms with Crippen molar-refractivity contribution in [1.82, 2.24) is 25.8 Å². The molecule has 19 heteroatoms. The smallest absolute Gasteiger partial charge is 0.370 e. The second kappa shape index (κ2) is 17.5. The molecule has 0 unspecified atom stereocenters. The maximum Gasteiger partial charge on any atom is 0.404 e. The van der Waals surface area contributed by atoms with Gasteiger partial charge in [-0.3, -0.25) is 23.7 Å². The van der Waals surface area contributed by atoms with Gasteiger partial charge in [0.05, 0.1) is 29.0 Å². The number of hydrogen-bond donors (Lipinski definition) is 4. The van der Waals surface area contributed by atoms with Crippen LogP contribution in [-0.2, 0) is 33.7 Å². The van der Waals surface area contributed by atoms with Crippen molar-refractivity contribution in [1.29, 1.82) is 0 Å². The van der Waals surface area contributed by atoms with Crippen molar-refractivity contribution >= 4 is 64.0 Å². The Kier molecular flexibility index (Phi) is 13.0. The summed E-state index contributed by atoms with van der Waals surface area (Å²) in [4.78, 5) is 60.5. The van der Waals surface area contributed by atoms with Crippen LogP contribution in [0, 0.1) is 5.82 Å². The Morgan fingerprint density at radius 3 is 2.50 bits per heavy atom. The van der Waals surface area contributed by atoms with Gasteiger partial charge in [-0.2, -0.15) is 8.78 Å². The number of fused-ring (bicyclic) bond motifs is 2. The number of primary amides is 1. The summed E-state index contributed by atoms with van der Waals surface area (Å²) in [5.41, 5.74) is 1.63. The third kappa shape index (κ3) is 8.85. The topological polar surface area (TPSA) is 182 Å². The molecule has 2 aromatic heterocycles. The Morgan fingerprint density at radius 1 is 1.07 bits per heavy atom. The molecule has 0 aliphatic carbocycles. The van der Waals surface area contributed by atoms with Gasteiger partial charge < -0.3 is 35.6 Å². The lowest BCUT2D eigenvalue weighted by Crippen LogP contribution is -2.60. The van der Waals surface area contributed by atoms with E-state index in [1.165, 1.54) is 54.3 Å². The van der Waals surface area contributed by atoms with Crippen molar-refractivity contribution in [2.45, 2.75) is 75.8 Å². The maximum absolute atomic E-state index is 15.5. The van der Waals surface area contributed by atoms with Crippen molar-refractivity contribution < 1.29 is 46.0 Å². The number of nitrogens with zero attached hydrogens (tertiary/aromatic N) is 2. The monoisotopic (exact) mass is 834 g/mol. The molecule has 5 N–H and O–H groups in total. The number of halogens is 3. The summed E-state index contributed by atoms with van der Waals surface area (Å²) in [6.45, 7) is 2.98. The highest BCUT2D eigenvalue weighted by Gasteiger charge is 2.55. The lowest BCUT2D eigenvalue weighted by molar-refractivity contribution is -0.142. The minimum atomic E-state index is -4.86. The zero-order valence-corrected chi connectivity index (χ0v) is 33.1. The number of hydrogen-bond acceptors (Lipinski definition) is 11. The van der Waals surface area contributed by atoms with Crippen LogP contribution in [0.15, 0.2) is 54.7 Å². The highest BCUT2D eigenvalue weighted by atomic mass is 32.1. The van der Waals surface area contributed by atoms with Gasteiger partial charge in [-0.1, -0.05) is 18.2 Å². The van der Waals surface area contributed by atoms with Crippen molar-refractivity contribution in [2.75, 3.05) is 26.3 Å². The Hall–Kier alpha value is -4.19. The maximum atomic E-state index is 15.5. The first-order chi connectivity index (χ1) is 26.7. The number of nitrogens with two attached hydrogens (primary N) is 1. The number of thiophene rings is 1. The second-order valence-electron chi connectivity index (χ2n) is 13.4. The summed E-state index contributed by atoms with van der Waals surface area (Å²) in [6, 6.07) is 8.06. The van der Waals surface area contributed by atoms with Crippen LogP contribution in [0.5, 0.6) is 0 Å². The molecule has 300 valence electrons. The Morgan fingerprint density at radius 2 is 1.80 bits per heavy atom. The molecule has 4 amide bonds. The third-order valence-electron chi connectivity index (χ3n) is 9.64. The van der Waals surface area contributed by atoms with E-state index in [1.54, 1.807) is 18.3 Å². The molecule has 0 bridgehead atoms. The molecule has 4 aromatic rings. The van der Waals surface area contributed by atoms with Crippen LogP contribution < -0.4 is 21.7 Å². The van der Waals surface area contributed by atoms with E-state index in [0.717, 1.165) is 33.9 Å². The van der Waals surface area contributed by atoms with Gasteiger partial charge in [0.25, 0.3) is 5.91 Å². The first-order valence-corrected chi connectivity index (χ1v) is 21.4. The van der Waals surface area contributed by atoms with Gasteiger partial charge in [-0.25, -0.2) is 9.37 Å². The van der Waals surface area contributed by atoms with Gasteiger partial charge in [0.15, 0.2) is 0 Å². The van der Waals surface area contributed by atoms with E-state index in [1.807, 2.05) is 0 Å².